The lowest BCUT2D eigenvalue weighted by Crippen LogP contribution is -2.27. The van der Waals surface area contributed by atoms with E-state index in [0.717, 1.165) is 17.2 Å². The molecule has 1 saturated carbocycles. The molecule has 1 aromatic carbocycles. The molecule has 0 aromatic heterocycles. The first kappa shape index (κ1) is 15.6. The number of thiocarbonyl (C=S) groups is 1. The van der Waals surface area contributed by atoms with E-state index in [2.05, 4.69) is 12.2 Å². The van der Waals surface area contributed by atoms with Crippen molar-refractivity contribution in [2.75, 3.05) is 5.32 Å². The third-order valence-electron chi connectivity index (χ3n) is 4.15. The number of hydrogen-bond donors (Lipinski definition) is 2. The molecule has 2 nitrogen and oxygen atoms in total. The number of rotatable bonds is 5. The third-order valence-corrected chi connectivity index (χ3v) is 4.61. The van der Waals surface area contributed by atoms with E-state index in [1.807, 2.05) is 18.2 Å². The van der Waals surface area contributed by atoms with Crippen LogP contribution < -0.4 is 11.1 Å². The first-order chi connectivity index (χ1) is 9.60. The van der Waals surface area contributed by atoms with Crippen LogP contribution in [0.5, 0.6) is 0 Å². The topological polar surface area (TPSA) is 38.0 Å². The van der Waals surface area contributed by atoms with Crippen molar-refractivity contribution in [3.8, 4) is 0 Å². The van der Waals surface area contributed by atoms with Crippen molar-refractivity contribution in [2.24, 2.45) is 11.7 Å². The average Bonchev–Trinajstić information content (AvgIpc) is 2.43. The highest BCUT2D eigenvalue weighted by atomic mass is 35.5. The van der Waals surface area contributed by atoms with Gasteiger partial charge in [-0.05, 0) is 49.8 Å². The van der Waals surface area contributed by atoms with Gasteiger partial charge in [-0.3, -0.25) is 0 Å². The maximum Gasteiger partial charge on any atom is 0.106 e. The quantitative estimate of drug-likeness (QED) is 0.771. The normalized spacial score (nSPS) is 22.5. The fourth-order valence-electron chi connectivity index (χ4n) is 3.07. The van der Waals surface area contributed by atoms with Gasteiger partial charge in [0, 0.05) is 22.3 Å². The molecule has 2 rings (SSSR count). The van der Waals surface area contributed by atoms with E-state index in [9.17, 15) is 0 Å². The molecule has 1 aliphatic rings. The van der Waals surface area contributed by atoms with Gasteiger partial charge in [0.05, 0.1) is 0 Å². The molecule has 1 fully saturated rings. The molecule has 20 heavy (non-hydrogen) atoms. The van der Waals surface area contributed by atoms with Crippen LogP contribution in [-0.2, 0) is 0 Å². The molecule has 0 aliphatic heterocycles. The molecule has 0 saturated heterocycles. The molecule has 0 unspecified atom stereocenters. The lowest BCUT2D eigenvalue weighted by molar-refractivity contribution is 0.319. The van der Waals surface area contributed by atoms with Gasteiger partial charge in [0.2, 0.25) is 0 Å². The molecule has 3 N–H and O–H groups in total. The molecule has 110 valence electrons. The van der Waals surface area contributed by atoms with Crippen molar-refractivity contribution in [2.45, 2.75) is 51.5 Å². The van der Waals surface area contributed by atoms with Gasteiger partial charge in [0.1, 0.15) is 4.99 Å². The van der Waals surface area contributed by atoms with E-state index in [-0.39, 0.29) is 0 Å². The Bertz CT molecular complexity index is 468. The summed E-state index contributed by atoms with van der Waals surface area (Å²) in [5.74, 6) is 0.915. The van der Waals surface area contributed by atoms with Crippen LogP contribution in [0.4, 0.5) is 5.69 Å². The summed E-state index contributed by atoms with van der Waals surface area (Å²) in [5.41, 5.74) is 7.65. The number of hydrogen-bond acceptors (Lipinski definition) is 2. The Hall–Kier alpha value is -0.800. The van der Waals surface area contributed by atoms with Crippen LogP contribution in [0.15, 0.2) is 18.2 Å². The first-order valence-corrected chi connectivity index (χ1v) is 8.24. The molecule has 0 radical (unpaired) electrons. The average molecular weight is 311 g/mol. The first-order valence-electron chi connectivity index (χ1n) is 7.46. The number of anilines is 1. The predicted molar refractivity (Wildman–Crippen MR) is 91.6 cm³/mol. The predicted octanol–water partition coefficient (Wildman–Crippen LogP) is 4.75. The number of benzene rings is 1. The fourth-order valence-corrected chi connectivity index (χ4v) is 3.41. The van der Waals surface area contributed by atoms with E-state index in [0.29, 0.717) is 16.1 Å². The second kappa shape index (κ2) is 7.28. The summed E-state index contributed by atoms with van der Waals surface area (Å²) in [5, 5.41) is 4.27. The summed E-state index contributed by atoms with van der Waals surface area (Å²) in [7, 11) is 0. The minimum absolute atomic E-state index is 0.398. The zero-order valence-corrected chi connectivity index (χ0v) is 13.6. The van der Waals surface area contributed by atoms with E-state index in [4.69, 9.17) is 29.6 Å². The lowest BCUT2D eigenvalue weighted by Gasteiger charge is -2.30. The van der Waals surface area contributed by atoms with Crippen molar-refractivity contribution in [1.82, 2.24) is 0 Å². The number of nitrogens with two attached hydrogens (primary N) is 1. The molecular formula is C16H23ClN2S. The summed E-state index contributed by atoms with van der Waals surface area (Å²) in [6.45, 7) is 2.27. The van der Waals surface area contributed by atoms with E-state index in [1.165, 1.54) is 38.5 Å². The largest absolute Gasteiger partial charge is 0.389 e. The second-order valence-corrected chi connectivity index (χ2v) is 6.58. The van der Waals surface area contributed by atoms with Gasteiger partial charge in [-0.2, -0.15) is 0 Å². The zero-order chi connectivity index (χ0) is 14.5. The molecule has 0 heterocycles. The summed E-state index contributed by atoms with van der Waals surface area (Å²) >= 11 is 11.1. The van der Waals surface area contributed by atoms with Crippen molar-refractivity contribution in [1.29, 1.82) is 0 Å². The minimum Gasteiger partial charge on any atom is -0.389 e. The van der Waals surface area contributed by atoms with E-state index >= 15 is 0 Å². The minimum atomic E-state index is 0.398. The SMILES string of the molecule is CCCC1CCC(Nc2ccc(Cl)cc2C(N)=S)CC1. The summed E-state index contributed by atoms with van der Waals surface area (Å²) in [6, 6.07) is 6.23. The molecule has 1 aliphatic carbocycles. The summed E-state index contributed by atoms with van der Waals surface area (Å²) in [4.78, 5) is 0.398. The Kier molecular flexibility index (Phi) is 5.67. The second-order valence-electron chi connectivity index (χ2n) is 5.70. The summed E-state index contributed by atoms with van der Waals surface area (Å²) < 4.78 is 0. The molecule has 0 amide bonds. The highest BCUT2D eigenvalue weighted by molar-refractivity contribution is 7.80. The van der Waals surface area contributed by atoms with Crippen LogP contribution in [0.2, 0.25) is 5.02 Å². The van der Waals surface area contributed by atoms with E-state index in [1.54, 1.807) is 0 Å². The highest BCUT2D eigenvalue weighted by Crippen LogP contribution is 2.30. The van der Waals surface area contributed by atoms with Crippen LogP contribution in [-0.4, -0.2) is 11.0 Å². The highest BCUT2D eigenvalue weighted by Gasteiger charge is 2.21. The van der Waals surface area contributed by atoms with Gasteiger partial charge >= 0.3 is 0 Å². The molecule has 0 spiro atoms. The molecule has 0 atom stereocenters. The smallest absolute Gasteiger partial charge is 0.106 e. The standard InChI is InChI=1S/C16H23ClN2S/c1-2-3-11-4-7-13(8-5-11)19-15-9-6-12(17)10-14(15)16(18)20/h6,9-11,13,19H,2-5,7-8H2,1H3,(H2,18,20). The maximum atomic E-state index is 6.01. The van der Waals surface area contributed by atoms with Crippen molar-refractivity contribution < 1.29 is 0 Å². The van der Waals surface area contributed by atoms with Crippen molar-refractivity contribution >= 4 is 34.5 Å². The zero-order valence-electron chi connectivity index (χ0n) is 12.0. The van der Waals surface area contributed by atoms with Gasteiger partial charge in [-0.15, -0.1) is 0 Å². The Morgan fingerprint density at radius 1 is 1.35 bits per heavy atom. The number of nitrogens with one attached hydrogen (secondary N) is 1. The van der Waals surface area contributed by atoms with E-state index < -0.39 is 0 Å². The summed E-state index contributed by atoms with van der Waals surface area (Å²) in [6.07, 6.45) is 7.76. The van der Waals surface area contributed by atoms with Crippen LogP contribution in [0.25, 0.3) is 0 Å². The van der Waals surface area contributed by atoms with Gasteiger partial charge in [-0.25, -0.2) is 0 Å². The monoisotopic (exact) mass is 310 g/mol. The molecule has 0 bridgehead atoms. The Labute approximate surface area is 132 Å². The van der Waals surface area contributed by atoms with Gasteiger partial charge in [-0.1, -0.05) is 43.6 Å². The molecule has 4 heteroatoms. The van der Waals surface area contributed by atoms with Crippen LogP contribution in [0, 0.1) is 5.92 Å². The molecule has 1 aromatic rings. The lowest BCUT2D eigenvalue weighted by atomic mass is 9.83. The third kappa shape index (κ3) is 4.10. The van der Waals surface area contributed by atoms with Gasteiger partial charge < -0.3 is 11.1 Å². The molecular weight excluding hydrogens is 288 g/mol. The van der Waals surface area contributed by atoms with Crippen LogP contribution >= 0.6 is 23.8 Å². The number of halogens is 1. The van der Waals surface area contributed by atoms with Crippen molar-refractivity contribution in [3.63, 3.8) is 0 Å². The maximum absolute atomic E-state index is 6.01. The van der Waals surface area contributed by atoms with Crippen LogP contribution in [0.3, 0.4) is 0 Å². The van der Waals surface area contributed by atoms with Crippen LogP contribution in [0.1, 0.15) is 51.0 Å². The van der Waals surface area contributed by atoms with Gasteiger partial charge in [0.15, 0.2) is 0 Å². The van der Waals surface area contributed by atoms with Gasteiger partial charge in [0.25, 0.3) is 0 Å². The Balaban J connectivity index is 1.99. The Morgan fingerprint density at radius 2 is 2.05 bits per heavy atom. The Morgan fingerprint density at radius 3 is 2.65 bits per heavy atom. The van der Waals surface area contributed by atoms with Crippen molar-refractivity contribution in [3.05, 3.63) is 28.8 Å². The fraction of sp³-hybridized carbons (Fsp3) is 0.562.